The Hall–Kier alpha value is -2.33. The third-order valence-corrected chi connectivity index (χ3v) is 5.80. The van der Waals surface area contributed by atoms with Crippen LogP contribution >= 0.6 is 0 Å². The van der Waals surface area contributed by atoms with E-state index in [-0.39, 0.29) is 12.0 Å². The van der Waals surface area contributed by atoms with Gasteiger partial charge < -0.3 is 14.7 Å². The largest absolute Gasteiger partial charge is 0.448 e. The van der Waals surface area contributed by atoms with E-state index >= 15 is 0 Å². The number of rotatable bonds is 5. The first kappa shape index (κ1) is 17.1. The lowest BCUT2D eigenvalue weighted by Crippen LogP contribution is -2.40. The standard InChI is InChI=1S/C22H25NO3/c1-23(13-21(24)15-7-6-8-15)22(25)26-14-20-18-11-4-2-9-16(18)17-10-3-5-12-19(17)20/h2-5,9-12,15,20-21,24H,6-8,13-14H2,1H3. The van der Waals surface area contributed by atoms with Gasteiger partial charge in [0.2, 0.25) is 0 Å². The molecule has 2 aromatic rings. The molecule has 136 valence electrons. The molecule has 0 aliphatic heterocycles. The highest BCUT2D eigenvalue weighted by atomic mass is 16.6. The van der Waals surface area contributed by atoms with Gasteiger partial charge in [0, 0.05) is 19.5 Å². The molecule has 1 fully saturated rings. The van der Waals surface area contributed by atoms with Gasteiger partial charge in [-0.15, -0.1) is 0 Å². The number of ether oxygens (including phenoxy) is 1. The van der Waals surface area contributed by atoms with Crippen molar-refractivity contribution in [3.8, 4) is 11.1 Å². The number of aliphatic hydroxyl groups excluding tert-OH is 1. The first-order valence-corrected chi connectivity index (χ1v) is 9.39. The summed E-state index contributed by atoms with van der Waals surface area (Å²) in [6.07, 6.45) is 2.47. The number of aliphatic hydroxyl groups is 1. The molecule has 0 saturated heterocycles. The van der Waals surface area contributed by atoms with E-state index in [1.165, 1.54) is 33.6 Å². The van der Waals surface area contributed by atoms with Crippen LogP contribution in [0.25, 0.3) is 11.1 Å². The minimum Gasteiger partial charge on any atom is -0.448 e. The lowest BCUT2D eigenvalue weighted by molar-refractivity contribution is 0.0305. The van der Waals surface area contributed by atoms with E-state index < -0.39 is 6.10 Å². The van der Waals surface area contributed by atoms with Gasteiger partial charge >= 0.3 is 6.09 Å². The Kier molecular flexibility index (Phi) is 4.68. The molecule has 0 spiro atoms. The Morgan fingerprint density at radius 1 is 1.12 bits per heavy atom. The summed E-state index contributed by atoms with van der Waals surface area (Å²) in [5.41, 5.74) is 4.85. The van der Waals surface area contributed by atoms with Crippen LogP contribution in [-0.2, 0) is 4.74 Å². The maximum atomic E-state index is 12.4. The van der Waals surface area contributed by atoms with Crippen molar-refractivity contribution in [2.24, 2.45) is 5.92 Å². The summed E-state index contributed by atoms with van der Waals surface area (Å²) in [6, 6.07) is 16.6. The minimum absolute atomic E-state index is 0.0660. The molecule has 26 heavy (non-hydrogen) atoms. The zero-order valence-corrected chi connectivity index (χ0v) is 15.1. The van der Waals surface area contributed by atoms with Crippen LogP contribution in [0.15, 0.2) is 48.5 Å². The van der Waals surface area contributed by atoms with Crippen molar-refractivity contribution in [3.05, 3.63) is 59.7 Å². The summed E-state index contributed by atoms with van der Waals surface area (Å²) >= 11 is 0. The van der Waals surface area contributed by atoms with Crippen LogP contribution in [0.5, 0.6) is 0 Å². The highest BCUT2D eigenvalue weighted by Crippen LogP contribution is 2.44. The molecule has 4 rings (SSSR count). The first-order valence-electron chi connectivity index (χ1n) is 9.39. The van der Waals surface area contributed by atoms with Gasteiger partial charge in [0.25, 0.3) is 0 Å². The average molecular weight is 351 g/mol. The molecule has 0 bridgehead atoms. The molecule has 0 heterocycles. The predicted molar refractivity (Wildman–Crippen MR) is 101 cm³/mol. The normalized spacial score (nSPS) is 17.2. The number of hydrogen-bond donors (Lipinski definition) is 1. The SMILES string of the molecule is CN(CC(O)C1CCC1)C(=O)OCC1c2ccccc2-c2ccccc21. The zero-order chi connectivity index (χ0) is 18.1. The molecule has 1 amide bonds. The molecule has 0 radical (unpaired) electrons. The second-order valence-electron chi connectivity index (χ2n) is 7.44. The van der Waals surface area contributed by atoms with Gasteiger partial charge in [0.05, 0.1) is 6.10 Å². The number of fused-ring (bicyclic) bond motifs is 3. The lowest BCUT2D eigenvalue weighted by Gasteiger charge is -2.32. The van der Waals surface area contributed by atoms with Crippen LogP contribution in [0.3, 0.4) is 0 Å². The van der Waals surface area contributed by atoms with Gasteiger partial charge in [-0.25, -0.2) is 4.79 Å². The Balaban J connectivity index is 1.42. The van der Waals surface area contributed by atoms with E-state index in [0.29, 0.717) is 19.1 Å². The van der Waals surface area contributed by atoms with Crippen molar-refractivity contribution >= 4 is 6.09 Å². The third kappa shape index (κ3) is 3.10. The predicted octanol–water partition coefficient (Wildman–Crippen LogP) is 4.03. The summed E-state index contributed by atoms with van der Waals surface area (Å²) < 4.78 is 5.61. The first-order chi connectivity index (χ1) is 12.6. The number of amides is 1. The highest BCUT2D eigenvalue weighted by molar-refractivity contribution is 5.79. The lowest BCUT2D eigenvalue weighted by atomic mass is 9.81. The average Bonchev–Trinajstić information content (AvgIpc) is 2.92. The molecular weight excluding hydrogens is 326 g/mol. The second-order valence-corrected chi connectivity index (χ2v) is 7.44. The number of carbonyl (C=O) groups is 1. The van der Waals surface area contributed by atoms with Gasteiger partial charge in [-0.1, -0.05) is 55.0 Å². The molecule has 1 saturated carbocycles. The van der Waals surface area contributed by atoms with E-state index in [0.717, 1.165) is 12.8 Å². The Bertz CT molecular complexity index is 754. The van der Waals surface area contributed by atoms with Crippen LogP contribution in [0.1, 0.15) is 36.3 Å². The summed E-state index contributed by atoms with van der Waals surface area (Å²) in [5.74, 6) is 0.398. The van der Waals surface area contributed by atoms with E-state index in [9.17, 15) is 9.90 Å². The number of hydrogen-bond acceptors (Lipinski definition) is 3. The van der Waals surface area contributed by atoms with Crippen LogP contribution < -0.4 is 0 Å². The molecule has 4 nitrogen and oxygen atoms in total. The highest BCUT2D eigenvalue weighted by Gasteiger charge is 2.30. The molecule has 1 unspecified atom stereocenters. The summed E-state index contributed by atoms with van der Waals surface area (Å²) in [7, 11) is 1.70. The van der Waals surface area contributed by atoms with Crippen molar-refractivity contribution in [2.75, 3.05) is 20.2 Å². The zero-order valence-electron chi connectivity index (χ0n) is 15.1. The van der Waals surface area contributed by atoms with Gasteiger partial charge in [-0.2, -0.15) is 0 Å². The van der Waals surface area contributed by atoms with Crippen LogP contribution in [-0.4, -0.2) is 42.4 Å². The molecular formula is C22H25NO3. The van der Waals surface area contributed by atoms with Gasteiger partial charge in [0.1, 0.15) is 6.61 Å². The number of likely N-dealkylation sites (N-methyl/N-ethyl adjacent to an activating group) is 1. The second kappa shape index (κ2) is 7.12. The van der Waals surface area contributed by atoms with E-state index in [2.05, 4.69) is 24.3 Å². The molecule has 1 atom stereocenters. The maximum Gasteiger partial charge on any atom is 0.409 e. The van der Waals surface area contributed by atoms with Crippen molar-refractivity contribution < 1.29 is 14.6 Å². The van der Waals surface area contributed by atoms with Crippen molar-refractivity contribution in [1.29, 1.82) is 0 Å². The summed E-state index contributed by atoms with van der Waals surface area (Å²) in [5, 5.41) is 10.2. The molecule has 0 aromatic heterocycles. The maximum absolute atomic E-state index is 12.4. The van der Waals surface area contributed by atoms with Crippen molar-refractivity contribution in [1.82, 2.24) is 4.90 Å². The number of carbonyl (C=O) groups excluding carboxylic acids is 1. The minimum atomic E-state index is -0.450. The fourth-order valence-electron chi connectivity index (χ4n) is 4.03. The van der Waals surface area contributed by atoms with Gasteiger partial charge in [-0.3, -0.25) is 0 Å². The molecule has 4 heteroatoms. The Labute approximate surface area is 154 Å². The van der Waals surface area contributed by atoms with E-state index in [4.69, 9.17) is 4.74 Å². The smallest absolute Gasteiger partial charge is 0.409 e. The van der Waals surface area contributed by atoms with Crippen molar-refractivity contribution in [3.63, 3.8) is 0 Å². The Morgan fingerprint density at radius 2 is 1.69 bits per heavy atom. The monoisotopic (exact) mass is 351 g/mol. The summed E-state index contributed by atoms with van der Waals surface area (Å²) in [6.45, 7) is 0.651. The molecule has 2 aromatic carbocycles. The van der Waals surface area contributed by atoms with Crippen LogP contribution in [0.2, 0.25) is 0 Å². The fourth-order valence-corrected chi connectivity index (χ4v) is 4.03. The van der Waals surface area contributed by atoms with Gasteiger partial charge in [0.15, 0.2) is 0 Å². The number of benzene rings is 2. The topological polar surface area (TPSA) is 49.8 Å². The van der Waals surface area contributed by atoms with Crippen LogP contribution in [0.4, 0.5) is 4.79 Å². The number of nitrogens with zero attached hydrogens (tertiary/aromatic N) is 1. The molecule has 1 N–H and O–H groups in total. The van der Waals surface area contributed by atoms with Crippen molar-refractivity contribution in [2.45, 2.75) is 31.3 Å². The van der Waals surface area contributed by atoms with E-state index in [1.807, 2.05) is 24.3 Å². The third-order valence-electron chi connectivity index (χ3n) is 5.80. The fraction of sp³-hybridized carbons (Fsp3) is 0.409. The quantitative estimate of drug-likeness (QED) is 0.885. The molecule has 2 aliphatic rings. The summed E-state index contributed by atoms with van der Waals surface area (Å²) in [4.78, 5) is 13.9. The van der Waals surface area contributed by atoms with Gasteiger partial charge in [-0.05, 0) is 41.0 Å². The van der Waals surface area contributed by atoms with Crippen LogP contribution in [0, 0.1) is 5.92 Å². The van der Waals surface area contributed by atoms with E-state index in [1.54, 1.807) is 7.05 Å². The Morgan fingerprint density at radius 3 is 2.23 bits per heavy atom. The molecule has 2 aliphatic carbocycles.